The van der Waals surface area contributed by atoms with Crippen molar-refractivity contribution in [1.82, 2.24) is 0 Å². The molecule has 5 rings (SSSR count). The second-order valence-corrected chi connectivity index (χ2v) is 8.39. The van der Waals surface area contributed by atoms with E-state index in [1.54, 1.807) is 11.1 Å². The Hall–Kier alpha value is -2.96. The lowest BCUT2D eigenvalue weighted by Gasteiger charge is -2.29. The lowest BCUT2D eigenvalue weighted by molar-refractivity contribution is -0.126. The fraction of sp³-hybridized carbons (Fsp3) is 0.167. The first kappa shape index (κ1) is 19.0. The van der Waals surface area contributed by atoms with Crippen LogP contribution in [-0.4, -0.2) is 17.9 Å². The largest absolute Gasteiger partial charge is 0.273 e. The zero-order valence-corrected chi connectivity index (χ0v) is 17.8. The summed E-state index contributed by atoms with van der Waals surface area (Å²) in [7, 11) is 0. The number of aryl methyl sites for hydroxylation is 1. The highest BCUT2D eigenvalue weighted by Crippen LogP contribution is 2.48. The Morgan fingerprint density at radius 3 is 2.20 bits per heavy atom. The molecule has 6 heteroatoms. The van der Waals surface area contributed by atoms with Crippen LogP contribution in [0.25, 0.3) is 0 Å². The average Bonchev–Trinajstić information content (AvgIpc) is 3.26. The zero-order valence-electron chi connectivity index (χ0n) is 16.2. The minimum absolute atomic E-state index is 0.249. The minimum Gasteiger partial charge on any atom is -0.273 e. The number of rotatable bonds is 3. The fourth-order valence-corrected chi connectivity index (χ4v) is 4.65. The molecule has 0 aromatic heterocycles. The van der Waals surface area contributed by atoms with Crippen molar-refractivity contribution in [2.45, 2.75) is 19.1 Å². The number of imide groups is 1. The van der Waals surface area contributed by atoms with Crippen molar-refractivity contribution in [2.75, 3.05) is 9.96 Å². The molecule has 0 aliphatic carbocycles. The molecule has 2 aliphatic rings. The lowest BCUT2D eigenvalue weighted by Crippen LogP contribution is -2.37. The quantitative estimate of drug-likeness (QED) is 0.524. The summed E-state index contributed by atoms with van der Waals surface area (Å²) in [6, 6.07) is 24.4. The van der Waals surface area contributed by atoms with Crippen molar-refractivity contribution in [3.05, 3.63) is 94.5 Å². The SMILES string of the molecule is Cc1ccc([C@@H]2[C@H]3C(=O)N(c4ccccc4Br)C(=O)[C@@H]3ON2c2ccccc2)cc1. The standard InChI is InChI=1S/C24H19BrN2O3/c1-15-11-13-16(14-12-15)21-20-22(30-27(21)17-7-3-2-4-8-17)24(29)26(23(20)28)19-10-6-5-9-18(19)25/h2-14,20-22H,1H3/t20-,21-,22-/m1/s1. The maximum Gasteiger partial charge on any atom is 0.266 e. The molecule has 30 heavy (non-hydrogen) atoms. The van der Waals surface area contributed by atoms with Crippen molar-refractivity contribution in [3.8, 4) is 0 Å². The van der Waals surface area contributed by atoms with Crippen LogP contribution in [0.4, 0.5) is 11.4 Å². The first-order chi connectivity index (χ1) is 14.6. The first-order valence-electron chi connectivity index (χ1n) is 9.76. The molecule has 3 atom stereocenters. The van der Waals surface area contributed by atoms with Crippen LogP contribution in [0.1, 0.15) is 17.2 Å². The number of hydrogen-bond donors (Lipinski definition) is 0. The number of nitrogens with zero attached hydrogens (tertiary/aromatic N) is 2. The number of halogens is 1. The number of benzene rings is 3. The highest BCUT2D eigenvalue weighted by Gasteiger charge is 2.60. The summed E-state index contributed by atoms with van der Waals surface area (Å²) in [6.45, 7) is 2.02. The maximum absolute atomic E-state index is 13.6. The molecule has 2 saturated heterocycles. The molecule has 0 bridgehead atoms. The van der Waals surface area contributed by atoms with Crippen molar-refractivity contribution < 1.29 is 14.4 Å². The number of carbonyl (C=O) groups excluding carboxylic acids is 2. The van der Waals surface area contributed by atoms with Gasteiger partial charge < -0.3 is 0 Å². The second-order valence-electron chi connectivity index (χ2n) is 7.53. The van der Waals surface area contributed by atoms with Gasteiger partial charge in [-0.05, 0) is 52.7 Å². The van der Waals surface area contributed by atoms with Crippen LogP contribution in [-0.2, 0) is 14.4 Å². The Balaban J connectivity index is 1.60. The third-order valence-corrected chi connectivity index (χ3v) is 6.31. The normalized spacial score (nSPS) is 23.2. The Bertz CT molecular complexity index is 1120. The van der Waals surface area contributed by atoms with E-state index in [0.29, 0.717) is 10.2 Å². The van der Waals surface area contributed by atoms with E-state index in [4.69, 9.17) is 4.84 Å². The highest BCUT2D eigenvalue weighted by atomic mass is 79.9. The van der Waals surface area contributed by atoms with Gasteiger partial charge in [0.1, 0.15) is 5.92 Å². The monoisotopic (exact) mass is 462 g/mol. The Labute approximate surface area is 183 Å². The predicted molar refractivity (Wildman–Crippen MR) is 118 cm³/mol. The van der Waals surface area contributed by atoms with E-state index in [9.17, 15) is 9.59 Å². The van der Waals surface area contributed by atoms with E-state index in [-0.39, 0.29) is 11.8 Å². The van der Waals surface area contributed by atoms with Crippen LogP contribution in [0.5, 0.6) is 0 Å². The molecule has 5 nitrogen and oxygen atoms in total. The molecule has 0 N–H and O–H groups in total. The Kier molecular flexibility index (Phi) is 4.68. The molecular weight excluding hydrogens is 444 g/mol. The summed E-state index contributed by atoms with van der Waals surface area (Å²) in [5.74, 6) is -1.22. The molecule has 2 aliphatic heterocycles. The van der Waals surface area contributed by atoms with Crippen LogP contribution >= 0.6 is 15.9 Å². The Morgan fingerprint density at radius 2 is 1.50 bits per heavy atom. The molecule has 0 unspecified atom stereocenters. The summed E-state index contributed by atoms with van der Waals surface area (Å²) in [6.07, 6.45) is -0.865. The summed E-state index contributed by atoms with van der Waals surface area (Å²) in [5.41, 5.74) is 3.42. The van der Waals surface area contributed by atoms with E-state index in [0.717, 1.165) is 16.8 Å². The van der Waals surface area contributed by atoms with Gasteiger partial charge in [0, 0.05) is 4.47 Å². The van der Waals surface area contributed by atoms with Gasteiger partial charge in [-0.3, -0.25) is 14.4 Å². The van der Waals surface area contributed by atoms with E-state index in [1.807, 2.05) is 79.7 Å². The summed E-state index contributed by atoms with van der Waals surface area (Å²) in [4.78, 5) is 34.2. The molecule has 3 aromatic rings. The third-order valence-electron chi connectivity index (χ3n) is 5.64. The van der Waals surface area contributed by atoms with Gasteiger partial charge in [-0.15, -0.1) is 0 Å². The third kappa shape index (κ3) is 2.95. The van der Waals surface area contributed by atoms with Crippen LogP contribution in [0.2, 0.25) is 0 Å². The maximum atomic E-state index is 13.6. The van der Waals surface area contributed by atoms with E-state index in [1.165, 1.54) is 4.90 Å². The fourth-order valence-electron chi connectivity index (χ4n) is 4.19. The highest BCUT2D eigenvalue weighted by molar-refractivity contribution is 9.10. The van der Waals surface area contributed by atoms with Crippen LogP contribution in [0.3, 0.4) is 0 Å². The molecule has 2 amide bonds. The lowest BCUT2D eigenvalue weighted by atomic mass is 9.90. The van der Waals surface area contributed by atoms with Gasteiger partial charge in [0.05, 0.1) is 17.4 Å². The van der Waals surface area contributed by atoms with Crippen LogP contribution in [0.15, 0.2) is 83.3 Å². The smallest absolute Gasteiger partial charge is 0.266 e. The summed E-state index contributed by atoms with van der Waals surface area (Å²) < 4.78 is 0.693. The zero-order chi connectivity index (χ0) is 20.8. The molecule has 0 radical (unpaired) electrons. The van der Waals surface area contributed by atoms with E-state index >= 15 is 0 Å². The first-order valence-corrected chi connectivity index (χ1v) is 10.6. The average molecular weight is 463 g/mol. The number of hydrogen-bond acceptors (Lipinski definition) is 4. The Morgan fingerprint density at radius 1 is 0.833 bits per heavy atom. The van der Waals surface area contributed by atoms with Gasteiger partial charge in [-0.2, -0.15) is 0 Å². The van der Waals surface area contributed by atoms with Gasteiger partial charge in [-0.1, -0.05) is 60.2 Å². The van der Waals surface area contributed by atoms with Crippen molar-refractivity contribution >= 4 is 39.1 Å². The van der Waals surface area contributed by atoms with Gasteiger partial charge in [-0.25, -0.2) is 9.96 Å². The van der Waals surface area contributed by atoms with Gasteiger partial charge in [0.25, 0.3) is 5.91 Å². The molecule has 0 saturated carbocycles. The number of carbonyl (C=O) groups is 2. The number of hydroxylamine groups is 1. The molecule has 2 fully saturated rings. The van der Waals surface area contributed by atoms with Gasteiger partial charge >= 0.3 is 0 Å². The summed E-state index contributed by atoms with van der Waals surface area (Å²) in [5, 5.41) is 1.72. The molecule has 3 aromatic carbocycles. The van der Waals surface area contributed by atoms with Crippen molar-refractivity contribution in [2.24, 2.45) is 5.92 Å². The number of para-hydroxylation sites is 2. The second kappa shape index (κ2) is 7.38. The summed E-state index contributed by atoms with van der Waals surface area (Å²) >= 11 is 3.46. The number of fused-ring (bicyclic) bond motifs is 1. The van der Waals surface area contributed by atoms with Gasteiger partial charge in [0.2, 0.25) is 5.91 Å². The topological polar surface area (TPSA) is 49.9 Å². The predicted octanol–water partition coefficient (Wildman–Crippen LogP) is 4.81. The van der Waals surface area contributed by atoms with Crippen LogP contribution < -0.4 is 9.96 Å². The minimum atomic E-state index is -0.865. The van der Waals surface area contributed by atoms with E-state index < -0.39 is 18.1 Å². The molecule has 150 valence electrons. The number of anilines is 2. The van der Waals surface area contributed by atoms with Crippen LogP contribution in [0, 0.1) is 12.8 Å². The van der Waals surface area contributed by atoms with Gasteiger partial charge in [0.15, 0.2) is 6.10 Å². The van der Waals surface area contributed by atoms with E-state index in [2.05, 4.69) is 15.9 Å². The number of amides is 2. The van der Waals surface area contributed by atoms with Crippen molar-refractivity contribution in [3.63, 3.8) is 0 Å². The molecule has 2 heterocycles. The molecular formula is C24H19BrN2O3. The van der Waals surface area contributed by atoms with Crippen molar-refractivity contribution in [1.29, 1.82) is 0 Å². The molecule has 0 spiro atoms.